The van der Waals surface area contributed by atoms with Crippen molar-refractivity contribution in [2.45, 2.75) is 38.1 Å². The second kappa shape index (κ2) is 6.68. The van der Waals surface area contributed by atoms with Crippen LogP contribution in [-0.2, 0) is 0 Å². The van der Waals surface area contributed by atoms with Crippen molar-refractivity contribution in [3.63, 3.8) is 0 Å². The van der Waals surface area contributed by atoms with Crippen LogP contribution in [0.2, 0.25) is 5.02 Å². The average molecular weight is 304 g/mol. The molecule has 0 spiro atoms. The Kier molecular flexibility index (Phi) is 4.67. The zero-order valence-corrected chi connectivity index (χ0v) is 13.1. The molecule has 0 aliphatic carbocycles. The first-order chi connectivity index (χ1) is 10.3. The Balaban J connectivity index is 1.64. The number of rotatable bonds is 2. The lowest BCUT2D eigenvalue weighted by molar-refractivity contribution is 0.141. The van der Waals surface area contributed by atoms with Crippen LogP contribution in [0.15, 0.2) is 18.2 Å². The number of nitriles is 1. The third-order valence-electron chi connectivity index (χ3n) is 4.79. The molecule has 0 radical (unpaired) electrons. The van der Waals surface area contributed by atoms with E-state index in [2.05, 4.69) is 15.9 Å². The number of hydrogen-bond donors (Lipinski definition) is 0. The molecule has 3 nitrogen and oxygen atoms in total. The Morgan fingerprint density at radius 3 is 2.43 bits per heavy atom. The lowest BCUT2D eigenvalue weighted by atomic mass is 9.99. The number of likely N-dealkylation sites (tertiary alicyclic amines) is 1. The van der Waals surface area contributed by atoms with Crippen molar-refractivity contribution in [1.29, 1.82) is 5.26 Å². The molecule has 0 amide bonds. The van der Waals surface area contributed by atoms with Crippen LogP contribution < -0.4 is 4.90 Å². The smallest absolute Gasteiger partial charge is 0.101 e. The first-order valence-corrected chi connectivity index (χ1v) is 8.34. The maximum Gasteiger partial charge on any atom is 0.101 e. The van der Waals surface area contributed by atoms with Crippen LogP contribution in [0.25, 0.3) is 0 Å². The minimum absolute atomic E-state index is 0.638. The molecule has 0 atom stereocenters. The summed E-state index contributed by atoms with van der Waals surface area (Å²) < 4.78 is 0. The summed E-state index contributed by atoms with van der Waals surface area (Å²) in [6, 6.07) is 8.65. The van der Waals surface area contributed by atoms with E-state index in [1.54, 1.807) is 6.07 Å². The number of benzene rings is 1. The van der Waals surface area contributed by atoms with Crippen molar-refractivity contribution in [1.82, 2.24) is 4.90 Å². The molecule has 0 unspecified atom stereocenters. The second-order valence-electron chi connectivity index (χ2n) is 6.09. The highest BCUT2D eigenvalue weighted by Crippen LogP contribution is 2.28. The SMILES string of the molecule is N#Cc1cc(Cl)ccc1N1CCC(N2CCCCC2)CC1. The molecule has 2 fully saturated rings. The molecule has 112 valence electrons. The van der Waals surface area contributed by atoms with E-state index in [0.717, 1.165) is 24.8 Å². The van der Waals surface area contributed by atoms with Gasteiger partial charge in [0, 0.05) is 24.2 Å². The number of anilines is 1. The first-order valence-electron chi connectivity index (χ1n) is 7.96. The minimum atomic E-state index is 0.638. The van der Waals surface area contributed by atoms with Crippen molar-refractivity contribution >= 4 is 17.3 Å². The van der Waals surface area contributed by atoms with E-state index < -0.39 is 0 Å². The van der Waals surface area contributed by atoms with Gasteiger partial charge in [-0.3, -0.25) is 0 Å². The van der Waals surface area contributed by atoms with Gasteiger partial charge in [0.05, 0.1) is 11.3 Å². The molecular weight excluding hydrogens is 282 g/mol. The Hall–Kier alpha value is -1.24. The van der Waals surface area contributed by atoms with E-state index in [-0.39, 0.29) is 0 Å². The molecule has 1 aromatic carbocycles. The van der Waals surface area contributed by atoms with Crippen molar-refractivity contribution in [2.75, 3.05) is 31.1 Å². The maximum atomic E-state index is 9.29. The van der Waals surface area contributed by atoms with Gasteiger partial charge in [0.2, 0.25) is 0 Å². The fourth-order valence-corrected chi connectivity index (χ4v) is 3.80. The molecule has 0 N–H and O–H groups in total. The third-order valence-corrected chi connectivity index (χ3v) is 5.03. The van der Waals surface area contributed by atoms with Crippen LogP contribution in [0.1, 0.15) is 37.7 Å². The van der Waals surface area contributed by atoms with E-state index in [1.165, 1.54) is 45.2 Å². The van der Waals surface area contributed by atoms with Crippen LogP contribution >= 0.6 is 11.6 Å². The molecule has 0 bridgehead atoms. The third kappa shape index (κ3) is 3.33. The van der Waals surface area contributed by atoms with Crippen LogP contribution in [0.4, 0.5) is 5.69 Å². The molecule has 2 saturated heterocycles. The monoisotopic (exact) mass is 303 g/mol. The zero-order chi connectivity index (χ0) is 14.7. The topological polar surface area (TPSA) is 30.3 Å². The summed E-state index contributed by atoms with van der Waals surface area (Å²) in [5.41, 5.74) is 1.73. The number of hydrogen-bond acceptors (Lipinski definition) is 3. The van der Waals surface area contributed by atoms with Crippen molar-refractivity contribution in [3.05, 3.63) is 28.8 Å². The quantitative estimate of drug-likeness (QED) is 0.835. The number of nitrogens with zero attached hydrogens (tertiary/aromatic N) is 3. The van der Waals surface area contributed by atoms with Crippen LogP contribution in [0, 0.1) is 11.3 Å². The highest BCUT2D eigenvalue weighted by atomic mass is 35.5. The fraction of sp³-hybridized carbons (Fsp3) is 0.588. The highest BCUT2D eigenvalue weighted by Gasteiger charge is 2.26. The summed E-state index contributed by atoms with van der Waals surface area (Å²) in [5.74, 6) is 0. The average Bonchev–Trinajstić information content (AvgIpc) is 2.56. The lowest BCUT2D eigenvalue weighted by Crippen LogP contribution is -2.46. The predicted octanol–water partition coefficient (Wildman–Crippen LogP) is 3.67. The van der Waals surface area contributed by atoms with Crippen LogP contribution in [0.3, 0.4) is 0 Å². The standard InChI is InChI=1S/C17H22ClN3/c18-15-4-5-17(14(12-15)13-19)21-10-6-16(7-11-21)20-8-2-1-3-9-20/h4-5,12,16H,1-3,6-11H2. The summed E-state index contributed by atoms with van der Waals surface area (Å²) >= 11 is 5.98. The number of halogens is 1. The van der Waals surface area contributed by atoms with E-state index in [9.17, 15) is 5.26 Å². The summed E-state index contributed by atoms with van der Waals surface area (Å²) in [6.45, 7) is 4.62. The molecule has 2 aliphatic rings. The summed E-state index contributed by atoms with van der Waals surface area (Å²) in [5, 5.41) is 9.92. The van der Waals surface area contributed by atoms with Gasteiger partial charge in [0.25, 0.3) is 0 Å². The number of piperidine rings is 2. The molecular formula is C17H22ClN3. The van der Waals surface area contributed by atoms with Gasteiger partial charge in [-0.25, -0.2) is 0 Å². The van der Waals surface area contributed by atoms with Crippen LogP contribution in [-0.4, -0.2) is 37.1 Å². The van der Waals surface area contributed by atoms with Crippen molar-refractivity contribution < 1.29 is 0 Å². The van der Waals surface area contributed by atoms with Crippen molar-refractivity contribution in [2.24, 2.45) is 0 Å². The summed E-state index contributed by atoms with van der Waals surface area (Å²) in [6.07, 6.45) is 6.51. The zero-order valence-electron chi connectivity index (χ0n) is 12.4. The van der Waals surface area contributed by atoms with E-state index in [1.807, 2.05) is 12.1 Å². The Morgan fingerprint density at radius 1 is 1.05 bits per heavy atom. The first kappa shape index (κ1) is 14.7. The maximum absolute atomic E-state index is 9.29. The van der Waals surface area contributed by atoms with Gasteiger partial charge in [-0.2, -0.15) is 5.26 Å². The van der Waals surface area contributed by atoms with E-state index in [4.69, 9.17) is 11.6 Å². The van der Waals surface area contributed by atoms with Crippen molar-refractivity contribution in [3.8, 4) is 6.07 Å². The Bertz CT molecular complexity index is 523. The molecule has 3 rings (SSSR count). The summed E-state index contributed by atoms with van der Waals surface area (Å²) in [7, 11) is 0. The molecule has 2 aliphatic heterocycles. The Morgan fingerprint density at radius 2 is 1.76 bits per heavy atom. The van der Waals surface area contributed by atoms with Gasteiger partial charge >= 0.3 is 0 Å². The van der Waals surface area contributed by atoms with Gasteiger partial charge < -0.3 is 9.80 Å². The predicted molar refractivity (Wildman–Crippen MR) is 86.8 cm³/mol. The lowest BCUT2D eigenvalue weighted by Gasteiger charge is -2.41. The second-order valence-corrected chi connectivity index (χ2v) is 6.52. The van der Waals surface area contributed by atoms with E-state index in [0.29, 0.717) is 10.6 Å². The van der Waals surface area contributed by atoms with Gasteiger partial charge in [-0.15, -0.1) is 0 Å². The fourth-order valence-electron chi connectivity index (χ4n) is 3.63. The largest absolute Gasteiger partial charge is 0.370 e. The molecule has 21 heavy (non-hydrogen) atoms. The highest BCUT2D eigenvalue weighted by molar-refractivity contribution is 6.30. The molecule has 0 saturated carbocycles. The van der Waals surface area contributed by atoms with Gasteiger partial charge in [-0.05, 0) is 57.0 Å². The summed E-state index contributed by atoms with van der Waals surface area (Å²) in [4.78, 5) is 5.02. The molecule has 2 heterocycles. The van der Waals surface area contributed by atoms with Gasteiger partial charge in [0.15, 0.2) is 0 Å². The Labute approximate surface area is 132 Å². The molecule has 0 aromatic heterocycles. The molecule has 4 heteroatoms. The van der Waals surface area contributed by atoms with Crippen LogP contribution in [0.5, 0.6) is 0 Å². The minimum Gasteiger partial charge on any atom is -0.370 e. The van der Waals surface area contributed by atoms with E-state index >= 15 is 0 Å². The molecule has 1 aromatic rings. The van der Waals surface area contributed by atoms with Gasteiger partial charge in [0.1, 0.15) is 6.07 Å². The van der Waals surface area contributed by atoms with Gasteiger partial charge in [-0.1, -0.05) is 18.0 Å². The normalized spacial score (nSPS) is 21.2.